The summed E-state index contributed by atoms with van der Waals surface area (Å²) in [4.78, 5) is 22.4. The van der Waals surface area contributed by atoms with Gasteiger partial charge in [-0.15, -0.1) is 0 Å². The average Bonchev–Trinajstić information content (AvgIpc) is 2.55. The van der Waals surface area contributed by atoms with Crippen molar-refractivity contribution in [3.63, 3.8) is 0 Å². The lowest BCUT2D eigenvalue weighted by atomic mass is 9.98. The molecule has 4 fully saturated rings. The molecule has 0 N–H and O–H groups in total. The van der Waals surface area contributed by atoms with E-state index < -0.39 is 0 Å². The van der Waals surface area contributed by atoms with Crippen LogP contribution in [-0.4, -0.2) is 11.6 Å². The predicted octanol–water partition coefficient (Wildman–Crippen LogP) is 0.410. The van der Waals surface area contributed by atoms with Crippen LogP contribution in [0.1, 0.15) is 12.8 Å². The van der Waals surface area contributed by atoms with E-state index >= 15 is 0 Å². The number of carbonyl (C=O) groups excluding carboxylic acids is 2. The highest BCUT2D eigenvalue weighted by molar-refractivity contribution is 6.06. The molecular formula is C8H8O2. The zero-order valence-corrected chi connectivity index (χ0v) is 5.54. The van der Waals surface area contributed by atoms with Crippen molar-refractivity contribution in [3.8, 4) is 0 Å². The molecular weight excluding hydrogens is 128 g/mol. The fourth-order valence-corrected chi connectivity index (χ4v) is 3.01. The van der Waals surface area contributed by atoms with Crippen LogP contribution < -0.4 is 0 Å². The van der Waals surface area contributed by atoms with Gasteiger partial charge in [0.05, 0.1) is 0 Å². The third-order valence-electron chi connectivity index (χ3n) is 3.45. The summed E-state index contributed by atoms with van der Waals surface area (Å²) in [5, 5.41) is 0. The molecule has 0 aliphatic heterocycles. The van der Waals surface area contributed by atoms with E-state index in [2.05, 4.69) is 0 Å². The molecule has 0 aromatic carbocycles. The predicted molar refractivity (Wildman–Crippen MR) is 33.2 cm³/mol. The van der Waals surface area contributed by atoms with E-state index in [1.54, 1.807) is 0 Å². The van der Waals surface area contributed by atoms with Gasteiger partial charge in [0.25, 0.3) is 0 Å². The highest BCUT2D eigenvalue weighted by Gasteiger charge is 2.64. The van der Waals surface area contributed by atoms with E-state index in [-0.39, 0.29) is 23.7 Å². The van der Waals surface area contributed by atoms with Crippen LogP contribution in [-0.2, 0) is 9.59 Å². The Labute approximate surface area is 58.6 Å². The largest absolute Gasteiger partial charge is 0.299 e. The monoisotopic (exact) mass is 136 g/mol. The fraction of sp³-hybridized carbons (Fsp3) is 0.750. The molecule has 52 valence electrons. The molecule has 4 unspecified atom stereocenters. The van der Waals surface area contributed by atoms with Crippen LogP contribution in [0.4, 0.5) is 0 Å². The first kappa shape index (κ1) is 5.05. The minimum Gasteiger partial charge on any atom is -0.299 e. The molecule has 4 atom stereocenters. The third-order valence-corrected chi connectivity index (χ3v) is 3.45. The minimum atomic E-state index is 0.169. The molecule has 0 saturated heterocycles. The molecule has 0 heterocycles. The summed E-state index contributed by atoms with van der Waals surface area (Å²) in [5.74, 6) is 1.47. The second kappa shape index (κ2) is 1.20. The molecule has 2 nitrogen and oxygen atoms in total. The van der Waals surface area contributed by atoms with Crippen molar-refractivity contribution in [2.75, 3.05) is 0 Å². The van der Waals surface area contributed by atoms with E-state index in [0.717, 1.165) is 12.8 Å². The topological polar surface area (TPSA) is 34.1 Å². The molecule has 0 radical (unpaired) electrons. The van der Waals surface area contributed by atoms with Gasteiger partial charge >= 0.3 is 0 Å². The lowest BCUT2D eigenvalue weighted by Gasteiger charge is -2.03. The molecule has 0 aromatic heterocycles. The molecule has 4 saturated carbocycles. The Morgan fingerprint density at radius 3 is 1.30 bits per heavy atom. The van der Waals surface area contributed by atoms with Crippen molar-refractivity contribution in [1.29, 1.82) is 0 Å². The zero-order valence-electron chi connectivity index (χ0n) is 5.54. The van der Waals surface area contributed by atoms with Crippen LogP contribution in [0.3, 0.4) is 0 Å². The smallest absolute Gasteiger partial charge is 0.140 e. The van der Waals surface area contributed by atoms with Gasteiger partial charge < -0.3 is 0 Å². The van der Waals surface area contributed by atoms with Gasteiger partial charge in [-0.05, 0) is 12.8 Å². The number of hydrogen-bond acceptors (Lipinski definition) is 2. The summed E-state index contributed by atoms with van der Waals surface area (Å²) in [6.45, 7) is 0. The summed E-state index contributed by atoms with van der Waals surface area (Å²) in [6, 6.07) is 0. The van der Waals surface area contributed by atoms with Gasteiger partial charge in [0.1, 0.15) is 11.6 Å². The summed E-state index contributed by atoms with van der Waals surface area (Å²) >= 11 is 0. The molecule has 0 spiro atoms. The van der Waals surface area contributed by atoms with Crippen molar-refractivity contribution < 1.29 is 9.59 Å². The first-order chi connectivity index (χ1) is 4.79. The lowest BCUT2D eigenvalue weighted by molar-refractivity contribution is -0.130. The van der Waals surface area contributed by atoms with E-state index in [1.807, 2.05) is 0 Å². The van der Waals surface area contributed by atoms with Crippen LogP contribution in [0.15, 0.2) is 0 Å². The van der Waals surface area contributed by atoms with Crippen molar-refractivity contribution in [2.24, 2.45) is 23.7 Å². The molecule has 4 aliphatic rings. The zero-order chi connectivity index (χ0) is 6.88. The van der Waals surface area contributed by atoms with Crippen molar-refractivity contribution in [2.45, 2.75) is 12.8 Å². The maximum Gasteiger partial charge on any atom is 0.140 e. The van der Waals surface area contributed by atoms with Gasteiger partial charge in [0.2, 0.25) is 0 Å². The number of ketones is 2. The number of hydrogen-bond donors (Lipinski definition) is 0. The van der Waals surface area contributed by atoms with Crippen LogP contribution in [0.5, 0.6) is 0 Å². The normalized spacial score (nSPS) is 55.6. The highest BCUT2D eigenvalue weighted by atomic mass is 16.1. The number of Topliss-reactive ketones (excluding diaryl/α,β-unsaturated/α-hetero) is 2. The number of rotatable bonds is 0. The molecule has 4 bridgehead atoms. The minimum absolute atomic E-state index is 0.169. The molecule has 4 aliphatic carbocycles. The molecule has 2 heteroatoms. The van der Waals surface area contributed by atoms with Gasteiger partial charge in [0.15, 0.2) is 0 Å². The third kappa shape index (κ3) is 0.300. The van der Waals surface area contributed by atoms with Gasteiger partial charge in [-0.1, -0.05) is 0 Å². The highest BCUT2D eigenvalue weighted by Crippen LogP contribution is 2.58. The van der Waals surface area contributed by atoms with Gasteiger partial charge in [-0.2, -0.15) is 0 Å². The van der Waals surface area contributed by atoms with Gasteiger partial charge in [-0.3, -0.25) is 9.59 Å². The van der Waals surface area contributed by atoms with Gasteiger partial charge in [0, 0.05) is 23.7 Å². The standard InChI is InChI=1S/C8H8O2/c9-7-3-1-4-6(7)2-5(3)8(4)10/h3-6H,1-2H2. The summed E-state index contributed by atoms with van der Waals surface area (Å²) in [7, 11) is 0. The molecule has 10 heavy (non-hydrogen) atoms. The van der Waals surface area contributed by atoms with Crippen LogP contribution in [0.25, 0.3) is 0 Å². The first-order valence-corrected chi connectivity index (χ1v) is 3.86. The molecule has 4 rings (SSSR count). The Balaban J connectivity index is 2.20. The van der Waals surface area contributed by atoms with E-state index in [9.17, 15) is 9.59 Å². The molecule has 0 aromatic rings. The Hall–Kier alpha value is -0.660. The van der Waals surface area contributed by atoms with E-state index in [4.69, 9.17) is 0 Å². The Kier molecular flexibility index (Phi) is 0.607. The first-order valence-electron chi connectivity index (χ1n) is 3.86. The fourth-order valence-electron chi connectivity index (χ4n) is 3.01. The maximum absolute atomic E-state index is 11.2. The van der Waals surface area contributed by atoms with Crippen molar-refractivity contribution in [3.05, 3.63) is 0 Å². The summed E-state index contributed by atoms with van der Waals surface area (Å²) in [5.41, 5.74) is 0. The maximum atomic E-state index is 11.2. The lowest BCUT2D eigenvalue weighted by Crippen LogP contribution is -2.19. The second-order valence-corrected chi connectivity index (χ2v) is 3.70. The van der Waals surface area contributed by atoms with Gasteiger partial charge in [-0.25, -0.2) is 0 Å². The Morgan fingerprint density at radius 1 is 0.800 bits per heavy atom. The Morgan fingerprint density at radius 2 is 1.10 bits per heavy atom. The average molecular weight is 136 g/mol. The molecule has 0 amide bonds. The van der Waals surface area contributed by atoms with Crippen molar-refractivity contribution >= 4 is 11.6 Å². The second-order valence-electron chi connectivity index (χ2n) is 3.70. The quantitative estimate of drug-likeness (QED) is 0.483. The van der Waals surface area contributed by atoms with Crippen LogP contribution in [0, 0.1) is 23.7 Å². The van der Waals surface area contributed by atoms with E-state index in [1.165, 1.54) is 0 Å². The Bertz CT molecular complexity index is 198. The van der Waals surface area contributed by atoms with E-state index in [0.29, 0.717) is 11.6 Å². The SMILES string of the molecule is O=C1C2CC3C(=O)C2CC13. The number of carbonyl (C=O) groups is 2. The van der Waals surface area contributed by atoms with Crippen molar-refractivity contribution in [1.82, 2.24) is 0 Å². The van der Waals surface area contributed by atoms with Crippen LogP contribution >= 0.6 is 0 Å². The summed E-state index contributed by atoms with van der Waals surface area (Å²) in [6.07, 6.45) is 1.79. The summed E-state index contributed by atoms with van der Waals surface area (Å²) < 4.78 is 0. The van der Waals surface area contributed by atoms with Crippen LogP contribution in [0.2, 0.25) is 0 Å².